The lowest BCUT2D eigenvalue weighted by Gasteiger charge is -2.31. The van der Waals surface area contributed by atoms with Gasteiger partial charge in [-0.1, -0.05) is 30.3 Å². The summed E-state index contributed by atoms with van der Waals surface area (Å²) < 4.78 is 5.31. The van der Waals surface area contributed by atoms with Crippen LogP contribution in [0.3, 0.4) is 0 Å². The van der Waals surface area contributed by atoms with Crippen molar-refractivity contribution in [2.24, 2.45) is 0 Å². The van der Waals surface area contributed by atoms with Crippen LogP contribution >= 0.6 is 0 Å². The Morgan fingerprint density at radius 3 is 2.50 bits per heavy atom. The maximum absolute atomic E-state index is 12.9. The van der Waals surface area contributed by atoms with Crippen molar-refractivity contribution in [1.82, 2.24) is 10.2 Å². The zero-order valence-electron chi connectivity index (χ0n) is 15.3. The number of amides is 2. The maximum atomic E-state index is 12.9. The van der Waals surface area contributed by atoms with E-state index in [1.807, 2.05) is 6.07 Å². The second-order valence-corrected chi connectivity index (χ2v) is 7.30. The first-order valence-corrected chi connectivity index (χ1v) is 8.62. The van der Waals surface area contributed by atoms with Gasteiger partial charge >= 0.3 is 6.09 Å². The molecule has 1 aliphatic heterocycles. The van der Waals surface area contributed by atoms with Crippen molar-refractivity contribution >= 4 is 18.3 Å². The van der Waals surface area contributed by atoms with Crippen LogP contribution in [0.2, 0.25) is 0 Å². The highest BCUT2D eigenvalue weighted by atomic mass is 16.6. The normalized spacial score (nSPS) is 21.1. The predicted molar refractivity (Wildman–Crippen MR) is 95.1 cm³/mol. The van der Waals surface area contributed by atoms with Gasteiger partial charge in [0.2, 0.25) is 6.29 Å². The number of benzene rings is 1. The molecule has 0 spiro atoms. The Bertz CT molecular complexity index is 641. The molecule has 1 aliphatic rings. The lowest BCUT2D eigenvalue weighted by Crippen LogP contribution is -2.56. The number of rotatable bonds is 5. The molecule has 0 bridgehead atoms. The van der Waals surface area contributed by atoms with Gasteiger partial charge in [-0.2, -0.15) is 0 Å². The molecule has 1 aromatic rings. The lowest BCUT2D eigenvalue weighted by molar-refractivity contribution is -0.135. The molecule has 26 heavy (non-hydrogen) atoms. The molecular formula is C19H25N2O5. The average Bonchev–Trinajstić information content (AvgIpc) is 2.99. The molecule has 1 heterocycles. The summed E-state index contributed by atoms with van der Waals surface area (Å²) in [5.74, 6) is -0.687. The summed E-state index contributed by atoms with van der Waals surface area (Å²) in [6, 6.07) is 6.94. The molecule has 1 fully saturated rings. The number of ether oxygens (including phenoxy) is 1. The van der Waals surface area contributed by atoms with Crippen molar-refractivity contribution in [3.8, 4) is 0 Å². The van der Waals surface area contributed by atoms with Gasteiger partial charge in [0.1, 0.15) is 17.7 Å². The van der Waals surface area contributed by atoms with E-state index < -0.39 is 35.8 Å². The molecule has 1 saturated heterocycles. The van der Waals surface area contributed by atoms with Gasteiger partial charge in [-0.05, 0) is 39.3 Å². The Hall–Kier alpha value is -2.25. The fraction of sp³-hybridized carbons (Fsp3) is 0.526. The molecular weight excluding hydrogens is 336 g/mol. The highest BCUT2D eigenvalue weighted by molar-refractivity contribution is 5.98. The minimum absolute atomic E-state index is 0.123. The van der Waals surface area contributed by atoms with Crippen LogP contribution in [0.15, 0.2) is 30.3 Å². The van der Waals surface area contributed by atoms with Gasteiger partial charge < -0.3 is 15.2 Å². The summed E-state index contributed by atoms with van der Waals surface area (Å²) >= 11 is 0. The summed E-state index contributed by atoms with van der Waals surface area (Å²) in [4.78, 5) is 37.9. The molecule has 0 aliphatic carbocycles. The summed E-state index contributed by atoms with van der Waals surface area (Å²) in [6.07, 6.45) is 0.457. The molecule has 1 aromatic carbocycles. The van der Waals surface area contributed by atoms with Crippen LogP contribution in [0.1, 0.15) is 32.8 Å². The Balaban J connectivity index is 2.29. The molecule has 0 aromatic heterocycles. The fourth-order valence-electron chi connectivity index (χ4n) is 2.80. The molecule has 7 nitrogen and oxygen atoms in total. The molecule has 2 N–H and O–H groups in total. The molecule has 2 rings (SSSR count). The third-order valence-corrected chi connectivity index (χ3v) is 4.00. The summed E-state index contributed by atoms with van der Waals surface area (Å²) in [5.41, 5.74) is -0.0560. The highest BCUT2D eigenvalue weighted by Crippen LogP contribution is 2.18. The summed E-state index contributed by atoms with van der Waals surface area (Å²) in [6.45, 7) is 5.47. The smallest absolute Gasteiger partial charge is 0.417 e. The van der Waals surface area contributed by atoms with Crippen LogP contribution in [0, 0.1) is 0 Å². The van der Waals surface area contributed by atoms with E-state index in [-0.39, 0.29) is 6.42 Å². The number of carbonyl (C=O) groups excluding carboxylic acids is 3. The predicted octanol–water partition coefficient (Wildman–Crippen LogP) is 1.19. The van der Waals surface area contributed by atoms with Gasteiger partial charge in [-0.3, -0.25) is 9.59 Å². The molecule has 0 saturated carbocycles. The second kappa shape index (κ2) is 8.42. The first-order valence-electron chi connectivity index (χ1n) is 8.62. The molecule has 3 atom stereocenters. The van der Waals surface area contributed by atoms with E-state index in [1.165, 1.54) is 0 Å². The molecule has 7 heteroatoms. The van der Waals surface area contributed by atoms with Crippen LogP contribution in [0.25, 0.3) is 0 Å². The van der Waals surface area contributed by atoms with Crippen molar-refractivity contribution in [2.75, 3.05) is 6.54 Å². The first kappa shape index (κ1) is 20.1. The van der Waals surface area contributed by atoms with Crippen molar-refractivity contribution in [2.45, 2.75) is 57.4 Å². The number of imide groups is 1. The zero-order chi connectivity index (χ0) is 19.3. The van der Waals surface area contributed by atoms with E-state index in [2.05, 4.69) is 5.32 Å². The van der Waals surface area contributed by atoms with Gasteiger partial charge in [0, 0.05) is 6.42 Å². The minimum Gasteiger partial charge on any atom is -0.443 e. The Morgan fingerprint density at radius 2 is 2.00 bits per heavy atom. The number of hydrogen-bond donors (Lipinski definition) is 2. The van der Waals surface area contributed by atoms with E-state index in [0.717, 1.165) is 10.5 Å². The fourth-order valence-corrected chi connectivity index (χ4v) is 2.80. The van der Waals surface area contributed by atoms with Crippen molar-refractivity contribution < 1.29 is 24.2 Å². The Kier molecular flexibility index (Phi) is 6.50. The maximum Gasteiger partial charge on any atom is 0.417 e. The lowest BCUT2D eigenvalue weighted by atomic mass is 10.0. The number of aliphatic hydroxyl groups excluding tert-OH is 1. The van der Waals surface area contributed by atoms with Crippen LogP contribution in [0.4, 0.5) is 4.79 Å². The van der Waals surface area contributed by atoms with Gasteiger partial charge in [0.25, 0.3) is 5.91 Å². The van der Waals surface area contributed by atoms with Crippen LogP contribution in [0.5, 0.6) is 0 Å². The Morgan fingerprint density at radius 1 is 1.35 bits per heavy atom. The van der Waals surface area contributed by atoms with Crippen LogP contribution in [-0.4, -0.2) is 58.6 Å². The third kappa shape index (κ3) is 5.12. The van der Waals surface area contributed by atoms with Crippen molar-refractivity contribution in [1.29, 1.82) is 0 Å². The van der Waals surface area contributed by atoms with E-state index in [0.29, 0.717) is 13.0 Å². The SMILES string of the molecule is CC(C)(C)OC(=O)N(C(=O)[C@H]1NCCC1O)[C@H]([C]=O)Cc1ccccc1. The Labute approximate surface area is 153 Å². The molecule has 1 radical (unpaired) electrons. The molecule has 141 valence electrons. The van der Waals surface area contributed by atoms with Crippen LogP contribution in [-0.2, 0) is 20.7 Å². The van der Waals surface area contributed by atoms with E-state index in [9.17, 15) is 19.5 Å². The number of hydrogen-bond acceptors (Lipinski definition) is 6. The topological polar surface area (TPSA) is 95.9 Å². The average molecular weight is 361 g/mol. The monoisotopic (exact) mass is 361 g/mol. The van der Waals surface area contributed by atoms with E-state index in [1.54, 1.807) is 51.3 Å². The van der Waals surface area contributed by atoms with Crippen LogP contribution < -0.4 is 5.32 Å². The zero-order valence-corrected chi connectivity index (χ0v) is 15.3. The van der Waals surface area contributed by atoms with E-state index >= 15 is 0 Å². The van der Waals surface area contributed by atoms with Gasteiger partial charge in [-0.15, -0.1) is 0 Å². The second-order valence-electron chi connectivity index (χ2n) is 7.30. The molecule has 2 amide bonds. The van der Waals surface area contributed by atoms with Gasteiger partial charge in [0.15, 0.2) is 0 Å². The minimum atomic E-state index is -1.14. The quantitative estimate of drug-likeness (QED) is 0.818. The summed E-state index contributed by atoms with van der Waals surface area (Å²) in [7, 11) is 0. The third-order valence-electron chi connectivity index (χ3n) is 4.00. The first-order chi connectivity index (χ1) is 12.2. The van der Waals surface area contributed by atoms with Crippen molar-refractivity contribution in [3.63, 3.8) is 0 Å². The molecule has 1 unspecified atom stereocenters. The largest absolute Gasteiger partial charge is 0.443 e. The van der Waals surface area contributed by atoms with Gasteiger partial charge in [0.05, 0.1) is 6.10 Å². The highest BCUT2D eigenvalue weighted by Gasteiger charge is 2.41. The van der Waals surface area contributed by atoms with E-state index in [4.69, 9.17) is 4.74 Å². The number of aliphatic hydroxyl groups is 1. The number of nitrogens with zero attached hydrogens (tertiary/aromatic N) is 1. The standard InChI is InChI=1S/C19H25N2O5/c1-19(2,3)26-18(25)21(17(24)16-15(23)9-10-20-16)14(12-22)11-13-7-5-4-6-8-13/h4-8,14-16,20,23H,9-11H2,1-3H3/t14-,15?,16-/m0/s1. The van der Waals surface area contributed by atoms with Gasteiger partial charge in [-0.25, -0.2) is 9.69 Å². The number of carbonyl (C=O) groups is 2. The summed E-state index contributed by atoms with van der Waals surface area (Å²) in [5, 5.41) is 12.9. The van der Waals surface area contributed by atoms with Crippen molar-refractivity contribution in [3.05, 3.63) is 35.9 Å². The number of nitrogens with one attached hydrogen (secondary N) is 1.